The molecule has 0 bridgehead atoms. The van der Waals surface area contributed by atoms with Crippen LogP contribution in [0, 0.1) is 23.7 Å². The van der Waals surface area contributed by atoms with Crippen molar-refractivity contribution < 1.29 is 4.79 Å². The minimum Gasteiger partial charge on any atom is -0.339 e. The quantitative estimate of drug-likeness (QED) is 0.793. The number of hydrogen-bond donors (Lipinski definition) is 1. The van der Waals surface area contributed by atoms with Gasteiger partial charge >= 0.3 is 0 Å². The molecular formula is C16H30N2O. The average molecular weight is 266 g/mol. The lowest BCUT2D eigenvalue weighted by Crippen LogP contribution is -2.52. The van der Waals surface area contributed by atoms with E-state index in [-0.39, 0.29) is 12.0 Å². The number of piperidine rings is 1. The Balaban J connectivity index is 2.06. The van der Waals surface area contributed by atoms with E-state index in [1.54, 1.807) is 0 Å². The summed E-state index contributed by atoms with van der Waals surface area (Å²) in [4.78, 5) is 15.0. The standard InChI is InChI=1S/C16H30N2O/c1-10-6-5-7-18(13(10)4)16(19)14-9-15(17)12(3)8-11(14)2/h10-15H,5-9,17H2,1-4H3. The van der Waals surface area contributed by atoms with Crippen molar-refractivity contribution in [3.63, 3.8) is 0 Å². The van der Waals surface area contributed by atoms with E-state index in [9.17, 15) is 4.79 Å². The maximum Gasteiger partial charge on any atom is 0.226 e. The number of nitrogens with zero attached hydrogens (tertiary/aromatic N) is 1. The summed E-state index contributed by atoms with van der Waals surface area (Å²) in [6.45, 7) is 9.86. The first kappa shape index (κ1) is 14.8. The molecule has 2 N–H and O–H groups in total. The third-order valence-electron chi connectivity index (χ3n) is 5.66. The Kier molecular flexibility index (Phi) is 4.54. The minimum atomic E-state index is 0.152. The molecule has 0 aromatic carbocycles. The average Bonchev–Trinajstić information content (AvgIpc) is 2.36. The predicted molar refractivity (Wildman–Crippen MR) is 78.6 cm³/mol. The van der Waals surface area contributed by atoms with E-state index in [0.29, 0.717) is 29.7 Å². The second-order valence-electron chi connectivity index (χ2n) is 7.09. The van der Waals surface area contributed by atoms with Crippen LogP contribution >= 0.6 is 0 Å². The van der Waals surface area contributed by atoms with Crippen molar-refractivity contribution in [2.75, 3.05) is 6.54 Å². The topological polar surface area (TPSA) is 46.3 Å². The van der Waals surface area contributed by atoms with Crippen LogP contribution in [0.5, 0.6) is 0 Å². The fourth-order valence-electron chi connectivity index (χ4n) is 3.89. The van der Waals surface area contributed by atoms with Crippen molar-refractivity contribution >= 4 is 5.91 Å². The molecule has 1 aliphatic heterocycles. The van der Waals surface area contributed by atoms with Gasteiger partial charge in [0.1, 0.15) is 0 Å². The highest BCUT2D eigenvalue weighted by atomic mass is 16.2. The van der Waals surface area contributed by atoms with Crippen molar-refractivity contribution in [3.05, 3.63) is 0 Å². The predicted octanol–water partition coefficient (Wildman–Crippen LogP) is 2.64. The molecule has 19 heavy (non-hydrogen) atoms. The molecule has 0 radical (unpaired) electrons. The first-order chi connectivity index (χ1) is 8.91. The summed E-state index contributed by atoms with van der Waals surface area (Å²) in [6, 6.07) is 0.590. The van der Waals surface area contributed by atoms with Crippen molar-refractivity contribution in [1.82, 2.24) is 4.90 Å². The van der Waals surface area contributed by atoms with Gasteiger partial charge in [-0.3, -0.25) is 4.79 Å². The molecule has 0 aromatic rings. The maximum absolute atomic E-state index is 12.8. The van der Waals surface area contributed by atoms with Crippen LogP contribution in [-0.2, 0) is 4.79 Å². The number of carbonyl (C=O) groups is 1. The first-order valence-corrected chi connectivity index (χ1v) is 7.97. The van der Waals surface area contributed by atoms with Crippen LogP contribution in [0.2, 0.25) is 0 Å². The Bertz CT molecular complexity index is 331. The molecule has 3 heteroatoms. The van der Waals surface area contributed by atoms with Crippen molar-refractivity contribution in [3.8, 4) is 0 Å². The van der Waals surface area contributed by atoms with Crippen molar-refractivity contribution in [2.45, 2.75) is 65.5 Å². The normalized spacial score (nSPS) is 44.2. The summed E-state index contributed by atoms with van der Waals surface area (Å²) >= 11 is 0. The van der Waals surface area contributed by atoms with Crippen LogP contribution in [0.15, 0.2) is 0 Å². The number of likely N-dealkylation sites (tertiary alicyclic amines) is 1. The van der Waals surface area contributed by atoms with Gasteiger partial charge in [0.25, 0.3) is 0 Å². The third-order valence-corrected chi connectivity index (χ3v) is 5.66. The van der Waals surface area contributed by atoms with Gasteiger partial charge in [0.05, 0.1) is 0 Å². The van der Waals surface area contributed by atoms with Crippen LogP contribution < -0.4 is 5.73 Å². The Labute approximate surface area is 117 Å². The van der Waals surface area contributed by atoms with E-state index >= 15 is 0 Å². The van der Waals surface area contributed by atoms with Crippen molar-refractivity contribution in [2.24, 2.45) is 29.4 Å². The van der Waals surface area contributed by atoms with E-state index in [2.05, 4.69) is 32.6 Å². The van der Waals surface area contributed by atoms with Crippen LogP contribution in [0.4, 0.5) is 0 Å². The third kappa shape index (κ3) is 2.96. The second kappa shape index (κ2) is 5.82. The maximum atomic E-state index is 12.8. The van der Waals surface area contributed by atoms with Crippen LogP contribution in [0.25, 0.3) is 0 Å². The van der Waals surface area contributed by atoms with Gasteiger partial charge in [-0.05, 0) is 50.4 Å². The van der Waals surface area contributed by atoms with Gasteiger partial charge in [-0.25, -0.2) is 0 Å². The smallest absolute Gasteiger partial charge is 0.226 e. The van der Waals surface area contributed by atoms with Gasteiger partial charge in [0.2, 0.25) is 5.91 Å². The Morgan fingerprint density at radius 1 is 1.05 bits per heavy atom. The van der Waals surface area contributed by atoms with Crippen LogP contribution in [0.1, 0.15) is 53.4 Å². The van der Waals surface area contributed by atoms with E-state index in [1.165, 1.54) is 6.42 Å². The van der Waals surface area contributed by atoms with E-state index in [1.807, 2.05) is 0 Å². The Morgan fingerprint density at radius 2 is 1.74 bits per heavy atom. The monoisotopic (exact) mass is 266 g/mol. The minimum absolute atomic E-state index is 0.152. The zero-order valence-electron chi connectivity index (χ0n) is 12.9. The molecule has 1 amide bonds. The second-order valence-corrected chi connectivity index (χ2v) is 7.09. The number of rotatable bonds is 1. The van der Waals surface area contributed by atoms with Crippen LogP contribution in [-0.4, -0.2) is 29.4 Å². The summed E-state index contributed by atoms with van der Waals surface area (Å²) in [5.74, 6) is 2.18. The SMILES string of the molecule is CC1CC(C)C(C(=O)N2CCCC(C)C2C)CC1N. The molecule has 6 unspecified atom stereocenters. The van der Waals surface area contributed by atoms with E-state index < -0.39 is 0 Å². The molecule has 2 fully saturated rings. The summed E-state index contributed by atoms with van der Waals surface area (Å²) in [7, 11) is 0. The highest BCUT2D eigenvalue weighted by molar-refractivity contribution is 5.79. The van der Waals surface area contributed by atoms with Gasteiger partial charge < -0.3 is 10.6 Å². The fraction of sp³-hybridized carbons (Fsp3) is 0.938. The lowest BCUT2D eigenvalue weighted by atomic mass is 9.72. The van der Waals surface area contributed by atoms with E-state index in [4.69, 9.17) is 5.73 Å². The van der Waals surface area contributed by atoms with Crippen LogP contribution in [0.3, 0.4) is 0 Å². The molecule has 1 aliphatic carbocycles. The zero-order chi connectivity index (χ0) is 14.2. The van der Waals surface area contributed by atoms with E-state index in [0.717, 1.165) is 25.8 Å². The molecular weight excluding hydrogens is 236 g/mol. The van der Waals surface area contributed by atoms with Gasteiger partial charge in [-0.1, -0.05) is 20.8 Å². The molecule has 2 aliphatic rings. The molecule has 3 nitrogen and oxygen atoms in total. The van der Waals surface area contributed by atoms with Crippen molar-refractivity contribution in [1.29, 1.82) is 0 Å². The van der Waals surface area contributed by atoms with Gasteiger partial charge in [0, 0.05) is 24.5 Å². The zero-order valence-corrected chi connectivity index (χ0v) is 12.9. The fourth-order valence-corrected chi connectivity index (χ4v) is 3.89. The van der Waals surface area contributed by atoms with Gasteiger partial charge in [-0.15, -0.1) is 0 Å². The molecule has 1 heterocycles. The molecule has 110 valence electrons. The Morgan fingerprint density at radius 3 is 2.42 bits per heavy atom. The number of carbonyl (C=O) groups excluding carboxylic acids is 1. The Hall–Kier alpha value is -0.570. The highest BCUT2D eigenvalue weighted by Crippen LogP contribution is 2.35. The lowest BCUT2D eigenvalue weighted by Gasteiger charge is -2.43. The first-order valence-electron chi connectivity index (χ1n) is 7.97. The summed E-state index contributed by atoms with van der Waals surface area (Å²) < 4.78 is 0. The molecule has 0 spiro atoms. The molecule has 1 saturated heterocycles. The number of hydrogen-bond acceptors (Lipinski definition) is 2. The molecule has 2 rings (SSSR count). The molecule has 6 atom stereocenters. The molecule has 0 aromatic heterocycles. The van der Waals surface area contributed by atoms with Gasteiger partial charge in [0.15, 0.2) is 0 Å². The highest BCUT2D eigenvalue weighted by Gasteiger charge is 2.39. The molecule has 1 saturated carbocycles. The largest absolute Gasteiger partial charge is 0.339 e. The summed E-state index contributed by atoms with van der Waals surface area (Å²) in [5.41, 5.74) is 6.19. The number of amides is 1. The lowest BCUT2D eigenvalue weighted by molar-refractivity contribution is -0.143. The summed E-state index contributed by atoms with van der Waals surface area (Å²) in [5, 5.41) is 0. The number of nitrogens with two attached hydrogens (primary N) is 1. The van der Waals surface area contributed by atoms with Gasteiger partial charge in [-0.2, -0.15) is 0 Å². The summed E-state index contributed by atoms with van der Waals surface area (Å²) in [6.07, 6.45) is 4.37.